The van der Waals surface area contributed by atoms with E-state index in [1.54, 1.807) is 51.1 Å². The van der Waals surface area contributed by atoms with Gasteiger partial charge in [0.05, 0.1) is 10.5 Å². The quantitative estimate of drug-likeness (QED) is 0.278. The predicted molar refractivity (Wildman–Crippen MR) is 130 cm³/mol. The Labute approximate surface area is 206 Å². The molecule has 0 amide bonds. The topological polar surface area (TPSA) is 170 Å². The van der Waals surface area contributed by atoms with Crippen LogP contribution in [0.3, 0.4) is 0 Å². The lowest BCUT2D eigenvalue weighted by atomic mass is 9.81. The van der Waals surface area contributed by atoms with Crippen LogP contribution in [0.15, 0.2) is 60.7 Å². The molecule has 36 heavy (non-hydrogen) atoms. The highest BCUT2D eigenvalue weighted by molar-refractivity contribution is 5.94. The van der Waals surface area contributed by atoms with Gasteiger partial charge in [-0.3, -0.25) is 14.9 Å². The zero-order valence-electron chi connectivity index (χ0n) is 19.9. The summed E-state index contributed by atoms with van der Waals surface area (Å²) in [6.45, 7) is 5.10. The number of allylic oxidation sites excluding steroid dienone is 2. The first-order valence-corrected chi connectivity index (χ1v) is 11.0. The average Bonchev–Trinajstić information content (AvgIpc) is 3.16. The summed E-state index contributed by atoms with van der Waals surface area (Å²) in [7, 11) is 0. The Morgan fingerprint density at radius 1 is 1.11 bits per heavy atom. The van der Waals surface area contributed by atoms with Crippen molar-refractivity contribution in [2.24, 2.45) is 11.7 Å². The minimum absolute atomic E-state index is 0.0310. The molecule has 2 aromatic carbocycles. The van der Waals surface area contributed by atoms with Gasteiger partial charge in [0.25, 0.3) is 5.69 Å². The van der Waals surface area contributed by atoms with Gasteiger partial charge in [-0.2, -0.15) is 0 Å². The second-order valence-corrected chi connectivity index (χ2v) is 9.41. The Hall–Kier alpha value is -4.31. The van der Waals surface area contributed by atoms with Crippen molar-refractivity contribution in [2.45, 2.75) is 38.3 Å². The zero-order chi connectivity index (χ0) is 26.8. The number of nitrogens with zero attached hydrogens (tertiary/aromatic N) is 1. The summed E-state index contributed by atoms with van der Waals surface area (Å²) < 4.78 is 5.15. The Morgan fingerprint density at radius 3 is 2.39 bits per heavy atom. The fraction of sp³-hybridized carbons (Fsp3) is 0.269. The number of nitro groups is 1. The molecule has 0 saturated carbocycles. The number of esters is 1. The highest BCUT2D eigenvalue weighted by Gasteiger charge is 2.46. The van der Waals surface area contributed by atoms with Gasteiger partial charge >= 0.3 is 17.9 Å². The molecule has 10 heteroatoms. The molecule has 0 fully saturated rings. The molecule has 2 aromatic rings. The summed E-state index contributed by atoms with van der Waals surface area (Å²) in [5.74, 6) is -3.97. The van der Waals surface area contributed by atoms with E-state index in [1.165, 1.54) is 24.3 Å². The third kappa shape index (κ3) is 5.33. The van der Waals surface area contributed by atoms with E-state index >= 15 is 0 Å². The van der Waals surface area contributed by atoms with Crippen LogP contribution in [-0.2, 0) is 20.7 Å². The number of hydrogen-bond donors (Lipinski definition) is 3. The minimum atomic E-state index is -1.64. The molecular weight excluding hydrogens is 468 g/mol. The first kappa shape index (κ1) is 26.3. The van der Waals surface area contributed by atoms with Crippen LogP contribution in [0.25, 0.3) is 11.1 Å². The van der Waals surface area contributed by atoms with Crippen LogP contribution >= 0.6 is 0 Å². The lowest BCUT2D eigenvalue weighted by Crippen LogP contribution is -2.57. The molecule has 2 atom stereocenters. The number of nitro benzene ring substituents is 1. The Morgan fingerprint density at radius 2 is 1.81 bits per heavy atom. The van der Waals surface area contributed by atoms with Gasteiger partial charge in [-0.1, -0.05) is 36.4 Å². The fourth-order valence-electron chi connectivity index (χ4n) is 4.02. The number of fused-ring (bicyclic) bond motifs is 3. The first-order chi connectivity index (χ1) is 16.7. The number of hydrogen-bond acceptors (Lipinski definition) is 7. The van der Waals surface area contributed by atoms with Crippen LogP contribution in [0.4, 0.5) is 5.69 Å². The largest absolute Gasteiger partial charge is 0.481 e. The van der Waals surface area contributed by atoms with E-state index in [4.69, 9.17) is 20.7 Å². The maximum absolute atomic E-state index is 12.0. The van der Waals surface area contributed by atoms with Crippen LogP contribution in [0.1, 0.15) is 42.3 Å². The molecule has 4 rings (SSSR count). The molecule has 0 radical (unpaired) electrons. The van der Waals surface area contributed by atoms with E-state index in [-0.39, 0.29) is 11.3 Å². The van der Waals surface area contributed by atoms with Crippen molar-refractivity contribution >= 4 is 23.6 Å². The van der Waals surface area contributed by atoms with Crippen molar-refractivity contribution in [1.82, 2.24) is 0 Å². The smallest absolute Gasteiger partial charge is 0.335 e. The normalized spacial score (nSPS) is 19.4. The third-order valence-electron chi connectivity index (χ3n) is 5.68. The summed E-state index contributed by atoms with van der Waals surface area (Å²) in [6.07, 6.45) is 6.26. The second-order valence-electron chi connectivity index (χ2n) is 9.41. The molecule has 4 N–H and O–H groups in total. The van der Waals surface area contributed by atoms with Gasteiger partial charge in [0.15, 0.2) is 5.54 Å². The van der Waals surface area contributed by atoms with E-state index in [0.29, 0.717) is 6.42 Å². The standard InChI is InChI=1S/C14H9NO4.C12H17NO4/c16-14(17)12-3-1-2-11-10-5-4-9(15(18)19)6-8(10)7-13(11)12;1-11(2,3)17-10(16)12(13)7-5-4-6-8(12)9(14)15/h1-6H,7H2,(H,16,17);4-8H,13H2,1-3H3,(H,14,15). The molecule has 0 heterocycles. The van der Waals surface area contributed by atoms with Crippen LogP contribution in [0.2, 0.25) is 0 Å². The SMILES string of the molecule is CC(C)(C)OC(=O)C1(N)C=CC=CC1C(=O)O.O=C(O)c1cccc2c1Cc1cc([N+](=O)[O-])ccc1-2. The molecular formula is C26H26N2O8. The number of carbonyl (C=O) groups is 3. The van der Waals surface area contributed by atoms with Crippen LogP contribution in [-0.4, -0.2) is 44.2 Å². The maximum atomic E-state index is 12.0. The monoisotopic (exact) mass is 494 g/mol. The highest BCUT2D eigenvalue weighted by Crippen LogP contribution is 2.39. The van der Waals surface area contributed by atoms with Gasteiger partial charge in [-0.05, 0) is 61.6 Å². The summed E-state index contributed by atoms with van der Waals surface area (Å²) in [5.41, 5.74) is 7.06. The van der Waals surface area contributed by atoms with Gasteiger partial charge in [-0.15, -0.1) is 0 Å². The molecule has 0 aromatic heterocycles. The average molecular weight is 495 g/mol. The van der Waals surface area contributed by atoms with Crippen molar-refractivity contribution in [1.29, 1.82) is 0 Å². The summed E-state index contributed by atoms with van der Waals surface area (Å²) in [4.78, 5) is 44.5. The number of ether oxygens (including phenoxy) is 1. The Kier molecular flexibility index (Phi) is 7.12. The number of carboxylic acids is 2. The lowest BCUT2D eigenvalue weighted by molar-refractivity contribution is -0.384. The Balaban J connectivity index is 0.000000202. The van der Waals surface area contributed by atoms with Crippen LogP contribution in [0, 0.1) is 16.0 Å². The molecule has 2 aliphatic rings. The van der Waals surface area contributed by atoms with Crippen LogP contribution < -0.4 is 5.73 Å². The Bertz CT molecular complexity index is 1310. The van der Waals surface area contributed by atoms with Crippen molar-refractivity contribution in [3.05, 3.63) is 87.5 Å². The number of non-ortho nitro benzene ring substituents is 1. The molecule has 2 unspecified atom stereocenters. The summed E-state index contributed by atoms with van der Waals surface area (Å²) in [6, 6.07) is 9.74. The van der Waals surface area contributed by atoms with E-state index in [0.717, 1.165) is 22.3 Å². The maximum Gasteiger partial charge on any atom is 0.335 e. The first-order valence-electron chi connectivity index (χ1n) is 11.0. The number of nitrogens with two attached hydrogens (primary N) is 1. The van der Waals surface area contributed by atoms with Gasteiger partial charge in [0, 0.05) is 12.1 Å². The molecule has 10 nitrogen and oxygen atoms in total. The molecule has 0 aliphatic heterocycles. The van der Waals surface area contributed by atoms with Gasteiger partial charge in [0.1, 0.15) is 11.5 Å². The second kappa shape index (κ2) is 9.74. The number of carbonyl (C=O) groups excluding carboxylic acids is 1. The molecule has 0 spiro atoms. The van der Waals surface area contributed by atoms with Gasteiger partial charge in [0.2, 0.25) is 0 Å². The van der Waals surface area contributed by atoms with Crippen molar-refractivity contribution in [3.63, 3.8) is 0 Å². The van der Waals surface area contributed by atoms with Gasteiger partial charge in [-0.25, -0.2) is 9.59 Å². The summed E-state index contributed by atoms with van der Waals surface area (Å²) >= 11 is 0. The zero-order valence-corrected chi connectivity index (χ0v) is 19.9. The number of carboxylic acid groups (broad SMARTS) is 2. The number of rotatable bonds is 4. The van der Waals surface area contributed by atoms with E-state index in [9.17, 15) is 24.5 Å². The van der Waals surface area contributed by atoms with E-state index in [2.05, 4.69) is 0 Å². The van der Waals surface area contributed by atoms with E-state index < -0.39 is 39.9 Å². The molecule has 0 saturated heterocycles. The predicted octanol–water partition coefficient (Wildman–Crippen LogP) is 3.72. The molecule has 2 aliphatic carbocycles. The van der Waals surface area contributed by atoms with Crippen molar-refractivity contribution < 1.29 is 34.3 Å². The van der Waals surface area contributed by atoms with Crippen molar-refractivity contribution in [2.75, 3.05) is 0 Å². The lowest BCUT2D eigenvalue weighted by Gasteiger charge is -2.33. The van der Waals surface area contributed by atoms with Gasteiger partial charge < -0.3 is 20.7 Å². The number of aromatic carboxylic acids is 1. The highest BCUT2D eigenvalue weighted by atomic mass is 16.6. The minimum Gasteiger partial charge on any atom is -0.481 e. The number of aliphatic carboxylic acids is 1. The van der Waals surface area contributed by atoms with Crippen LogP contribution in [0.5, 0.6) is 0 Å². The van der Waals surface area contributed by atoms with E-state index in [1.807, 2.05) is 6.07 Å². The molecule has 188 valence electrons. The summed E-state index contributed by atoms with van der Waals surface area (Å²) in [5, 5.41) is 29.0. The number of benzene rings is 2. The molecule has 0 bridgehead atoms. The third-order valence-corrected chi connectivity index (χ3v) is 5.68. The fourth-order valence-corrected chi connectivity index (χ4v) is 4.02. The van der Waals surface area contributed by atoms with Crippen molar-refractivity contribution in [3.8, 4) is 11.1 Å².